The van der Waals surface area contributed by atoms with Gasteiger partial charge in [-0.2, -0.15) is 0 Å². The van der Waals surface area contributed by atoms with Crippen molar-refractivity contribution in [2.75, 3.05) is 6.54 Å². The monoisotopic (exact) mass is 277 g/mol. The number of halogens is 2. The van der Waals surface area contributed by atoms with E-state index in [1.54, 1.807) is 0 Å². The summed E-state index contributed by atoms with van der Waals surface area (Å²) in [6.07, 6.45) is 4.16. The first-order chi connectivity index (χ1) is 8.02. The summed E-state index contributed by atoms with van der Waals surface area (Å²) in [6, 6.07) is 0. The Labute approximate surface area is 112 Å². The molecule has 0 spiro atoms. The van der Waals surface area contributed by atoms with Crippen LogP contribution in [-0.2, 0) is 9.59 Å². The molecule has 0 aliphatic carbocycles. The van der Waals surface area contributed by atoms with Gasteiger partial charge in [0.2, 0.25) is 0 Å². The zero-order valence-electron chi connectivity index (χ0n) is 10.1. The normalized spacial score (nSPS) is 18.2. The van der Waals surface area contributed by atoms with Crippen LogP contribution in [0, 0.1) is 5.92 Å². The van der Waals surface area contributed by atoms with Crippen LogP contribution in [0.2, 0.25) is 0 Å². The van der Waals surface area contributed by atoms with Crippen LogP contribution in [0.5, 0.6) is 0 Å². The van der Waals surface area contributed by atoms with Crippen LogP contribution >= 0.6 is 23.2 Å². The van der Waals surface area contributed by atoms with Gasteiger partial charge in [0.25, 0.3) is 11.8 Å². The number of unbranched alkanes of at least 4 members (excludes halogenated alkanes) is 1. The van der Waals surface area contributed by atoms with E-state index >= 15 is 0 Å². The minimum atomic E-state index is -0.461. The van der Waals surface area contributed by atoms with E-state index in [1.165, 1.54) is 0 Å². The number of carbonyl (C=O) groups excluding carboxylic acids is 2. The second-order valence-corrected chi connectivity index (χ2v) is 5.02. The minimum absolute atomic E-state index is 0.151. The van der Waals surface area contributed by atoms with Crippen LogP contribution in [0.25, 0.3) is 0 Å². The van der Waals surface area contributed by atoms with Crippen LogP contribution in [-0.4, -0.2) is 23.3 Å². The number of nitrogens with zero attached hydrogens (tertiary/aromatic N) is 1. The topological polar surface area (TPSA) is 37.4 Å². The molecule has 0 N–H and O–H groups in total. The highest BCUT2D eigenvalue weighted by Gasteiger charge is 2.37. The largest absolute Gasteiger partial charge is 0.274 e. The fourth-order valence-electron chi connectivity index (χ4n) is 1.86. The fourth-order valence-corrected chi connectivity index (χ4v) is 2.22. The summed E-state index contributed by atoms with van der Waals surface area (Å²) >= 11 is 11.3. The van der Waals surface area contributed by atoms with Crippen LogP contribution in [0.1, 0.15) is 39.5 Å². The predicted octanol–water partition coefficient (Wildman–Crippen LogP) is 3.26. The number of amides is 2. The molecular formula is C12H17Cl2NO2. The quantitative estimate of drug-likeness (QED) is 0.699. The summed E-state index contributed by atoms with van der Waals surface area (Å²) in [6.45, 7) is 4.59. The van der Waals surface area contributed by atoms with Gasteiger partial charge >= 0.3 is 0 Å². The first kappa shape index (κ1) is 14.5. The fraction of sp³-hybridized carbons (Fsp3) is 0.667. The molecule has 0 saturated heterocycles. The van der Waals surface area contributed by atoms with Gasteiger partial charge in [0.05, 0.1) is 0 Å². The molecule has 17 heavy (non-hydrogen) atoms. The van der Waals surface area contributed by atoms with Crippen molar-refractivity contribution < 1.29 is 9.59 Å². The van der Waals surface area contributed by atoms with Gasteiger partial charge in [-0.3, -0.25) is 14.5 Å². The molecule has 0 aromatic carbocycles. The smallest absolute Gasteiger partial charge is 0.272 e. The van der Waals surface area contributed by atoms with Gasteiger partial charge in [0.15, 0.2) is 0 Å². The Bertz CT molecular complexity index is 328. The summed E-state index contributed by atoms with van der Waals surface area (Å²) in [5, 5.41) is -0.302. The predicted molar refractivity (Wildman–Crippen MR) is 68.8 cm³/mol. The lowest BCUT2D eigenvalue weighted by Gasteiger charge is -2.21. The highest BCUT2D eigenvalue weighted by Crippen LogP contribution is 2.28. The van der Waals surface area contributed by atoms with Gasteiger partial charge in [-0.05, 0) is 12.3 Å². The minimum Gasteiger partial charge on any atom is -0.272 e. The molecule has 0 fully saturated rings. The van der Waals surface area contributed by atoms with Crippen LogP contribution in [0.4, 0.5) is 0 Å². The molecule has 0 aromatic heterocycles. The second-order valence-electron chi connectivity index (χ2n) is 4.27. The van der Waals surface area contributed by atoms with Crippen molar-refractivity contribution in [3.8, 4) is 0 Å². The summed E-state index contributed by atoms with van der Waals surface area (Å²) in [4.78, 5) is 24.5. The third kappa shape index (κ3) is 3.23. The van der Waals surface area contributed by atoms with Crippen molar-refractivity contribution in [3.05, 3.63) is 10.1 Å². The Morgan fingerprint density at radius 2 is 1.65 bits per heavy atom. The maximum atomic E-state index is 11.7. The van der Waals surface area contributed by atoms with Gasteiger partial charge in [-0.1, -0.05) is 56.3 Å². The zero-order valence-corrected chi connectivity index (χ0v) is 11.6. The summed E-state index contributed by atoms with van der Waals surface area (Å²) in [5.74, 6) is -0.594. The maximum absolute atomic E-state index is 11.7. The van der Waals surface area contributed by atoms with E-state index in [2.05, 4.69) is 13.8 Å². The molecule has 0 radical (unpaired) electrons. The molecule has 0 saturated carbocycles. The molecule has 2 amide bonds. The van der Waals surface area contributed by atoms with Gasteiger partial charge in [0, 0.05) is 6.54 Å². The van der Waals surface area contributed by atoms with Gasteiger partial charge < -0.3 is 0 Å². The van der Waals surface area contributed by atoms with Gasteiger partial charge in [0.1, 0.15) is 10.1 Å². The lowest BCUT2D eigenvalue weighted by molar-refractivity contribution is -0.137. The zero-order chi connectivity index (χ0) is 13.0. The molecule has 5 heteroatoms. The van der Waals surface area contributed by atoms with Crippen molar-refractivity contribution >= 4 is 35.0 Å². The first-order valence-corrected chi connectivity index (χ1v) is 6.69. The average Bonchev–Trinajstić information content (AvgIpc) is 2.51. The van der Waals surface area contributed by atoms with Crippen molar-refractivity contribution in [1.82, 2.24) is 4.90 Å². The molecule has 1 heterocycles. The lowest BCUT2D eigenvalue weighted by atomic mass is 9.99. The van der Waals surface area contributed by atoms with E-state index in [4.69, 9.17) is 23.2 Å². The van der Waals surface area contributed by atoms with Crippen molar-refractivity contribution in [1.29, 1.82) is 0 Å². The van der Waals surface area contributed by atoms with Crippen molar-refractivity contribution in [2.45, 2.75) is 39.5 Å². The Kier molecular flexibility index (Phi) is 5.47. The number of rotatable bonds is 6. The van der Waals surface area contributed by atoms with Gasteiger partial charge in [-0.25, -0.2) is 0 Å². The van der Waals surface area contributed by atoms with Gasteiger partial charge in [-0.15, -0.1) is 0 Å². The van der Waals surface area contributed by atoms with Crippen molar-refractivity contribution in [3.63, 3.8) is 0 Å². The lowest BCUT2D eigenvalue weighted by Crippen LogP contribution is -2.35. The second kappa shape index (κ2) is 6.41. The Hall–Kier alpha value is -0.540. The Morgan fingerprint density at radius 3 is 2.06 bits per heavy atom. The molecule has 96 valence electrons. The van der Waals surface area contributed by atoms with Crippen LogP contribution < -0.4 is 0 Å². The van der Waals surface area contributed by atoms with E-state index in [1.807, 2.05) is 0 Å². The number of carbonyl (C=O) groups is 2. The van der Waals surface area contributed by atoms with E-state index < -0.39 is 11.8 Å². The number of hydrogen-bond acceptors (Lipinski definition) is 2. The Morgan fingerprint density at radius 1 is 1.12 bits per heavy atom. The number of hydrogen-bond donors (Lipinski definition) is 0. The molecule has 3 nitrogen and oxygen atoms in total. The summed E-state index contributed by atoms with van der Waals surface area (Å²) in [7, 11) is 0. The molecule has 1 aliphatic rings. The van der Waals surface area contributed by atoms with E-state index in [-0.39, 0.29) is 10.1 Å². The van der Waals surface area contributed by atoms with E-state index in [9.17, 15) is 9.59 Å². The molecule has 0 bridgehead atoms. The average molecular weight is 278 g/mol. The standard InChI is InChI=1S/C12H17Cl2NO2/c1-3-5-6-8(4-2)7-15-11(16)9(13)10(14)12(15)17/h8H,3-7H2,1-2H3. The number of imide groups is 1. The summed E-state index contributed by atoms with van der Waals surface area (Å²) < 4.78 is 0. The first-order valence-electron chi connectivity index (χ1n) is 5.94. The molecule has 1 aliphatic heterocycles. The third-order valence-electron chi connectivity index (χ3n) is 3.04. The molecule has 1 rings (SSSR count). The van der Waals surface area contributed by atoms with E-state index in [0.717, 1.165) is 30.6 Å². The Balaban J connectivity index is 2.64. The third-order valence-corrected chi connectivity index (χ3v) is 3.84. The highest BCUT2D eigenvalue weighted by molar-refractivity contribution is 6.58. The van der Waals surface area contributed by atoms with Crippen LogP contribution in [0.3, 0.4) is 0 Å². The highest BCUT2D eigenvalue weighted by atomic mass is 35.5. The van der Waals surface area contributed by atoms with E-state index in [0.29, 0.717) is 12.5 Å². The molecule has 1 unspecified atom stereocenters. The van der Waals surface area contributed by atoms with Crippen molar-refractivity contribution in [2.24, 2.45) is 5.92 Å². The molecule has 1 atom stereocenters. The molecular weight excluding hydrogens is 261 g/mol. The SMILES string of the molecule is CCCCC(CC)CN1C(=O)C(Cl)=C(Cl)C1=O. The molecule has 0 aromatic rings. The summed E-state index contributed by atoms with van der Waals surface area (Å²) in [5.41, 5.74) is 0. The maximum Gasteiger partial charge on any atom is 0.274 e. The van der Waals surface area contributed by atoms with Crippen LogP contribution in [0.15, 0.2) is 10.1 Å².